The summed E-state index contributed by atoms with van der Waals surface area (Å²) >= 11 is 0. The van der Waals surface area contributed by atoms with Crippen LogP contribution in [0.5, 0.6) is 0 Å². The van der Waals surface area contributed by atoms with Gasteiger partial charge in [0.05, 0.1) is 38.6 Å². The molecule has 3 aromatic heterocycles. The zero-order valence-electron chi connectivity index (χ0n) is 20.4. The number of carboxylic acids is 1. The van der Waals surface area contributed by atoms with Crippen molar-refractivity contribution in [2.24, 2.45) is 5.73 Å². The van der Waals surface area contributed by atoms with Crippen LogP contribution in [0, 0.1) is 15.9 Å². The highest BCUT2D eigenvalue weighted by Crippen LogP contribution is 2.41. The van der Waals surface area contributed by atoms with Crippen molar-refractivity contribution in [3.63, 3.8) is 0 Å². The highest BCUT2D eigenvalue weighted by Gasteiger charge is 2.31. The van der Waals surface area contributed by atoms with Gasteiger partial charge in [0.1, 0.15) is 16.8 Å². The molecule has 6 N–H and O–H groups in total. The number of H-pyrrole nitrogens is 1. The number of hydrogen-bond acceptors (Lipinski definition) is 9. The van der Waals surface area contributed by atoms with Crippen molar-refractivity contribution in [2.45, 2.75) is 12.5 Å². The number of carboxylic acid groups (broad SMARTS) is 1. The molecule has 0 radical (unpaired) electrons. The molecule has 0 amide bonds. The van der Waals surface area contributed by atoms with Crippen LogP contribution in [0.25, 0.3) is 49.8 Å². The van der Waals surface area contributed by atoms with Gasteiger partial charge in [-0.25, -0.2) is 9.18 Å². The van der Waals surface area contributed by atoms with Crippen molar-refractivity contribution in [2.75, 3.05) is 23.7 Å². The number of nitro groups is 1. The fourth-order valence-corrected chi connectivity index (χ4v) is 5.44. The largest absolute Gasteiger partial charge is 0.477 e. The number of nitrogen functional groups attached to an aromatic ring is 1. The van der Waals surface area contributed by atoms with E-state index < -0.39 is 33.4 Å². The molecule has 1 aliphatic rings. The number of hydrogen-bond donors (Lipinski definition) is 4. The number of nitrogens with zero attached hydrogens (tertiary/aromatic N) is 3. The molecular formula is C26H19FN6O7. The van der Waals surface area contributed by atoms with E-state index in [1.54, 1.807) is 11.0 Å². The van der Waals surface area contributed by atoms with Crippen LogP contribution in [-0.4, -0.2) is 44.5 Å². The summed E-state index contributed by atoms with van der Waals surface area (Å²) in [6.07, 6.45) is 1.74. The van der Waals surface area contributed by atoms with E-state index in [4.69, 9.17) is 20.3 Å². The average Bonchev–Trinajstić information content (AvgIpc) is 3.34. The van der Waals surface area contributed by atoms with Gasteiger partial charge in [0.25, 0.3) is 5.69 Å². The summed E-state index contributed by atoms with van der Waals surface area (Å²) in [5.41, 5.74) is 12.0. The van der Waals surface area contributed by atoms with Gasteiger partial charge in [0.2, 0.25) is 5.43 Å². The normalized spacial score (nSPS) is 15.8. The molecule has 1 atom stereocenters. The number of fused-ring (bicyclic) bond motifs is 4. The molecule has 7 rings (SSSR count). The second-order valence-corrected chi connectivity index (χ2v) is 9.75. The smallest absolute Gasteiger partial charge is 0.341 e. The first kappa shape index (κ1) is 23.7. The number of anilines is 2. The Morgan fingerprint density at radius 1 is 1.18 bits per heavy atom. The molecule has 0 bridgehead atoms. The highest BCUT2D eigenvalue weighted by atomic mass is 19.1. The number of carbonyl (C=O) groups is 1. The van der Waals surface area contributed by atoms with Crippen LogP contribution in [0.4, 0.5) is 21.5 Å². The first-order chi connectivity index (χ1) is 19.1. The zero-order valence-corrected chi connectivity index (χ0v) is 20.4. The number of aromatic amines is 1. The third-order valence-electron chi connectivity index (χ3n) is 7.32. The van der Waals surface area contributed by atoms with E-state index in [2.05, 4.69) is 4.98 Å². The molecule has 40 heavy (non-hydrogen) atoms. The number of nitrogens with one attached hydrogen (secondary N) is 1. The number of halogens is 1. The fraction of sp³-hybridized carbons (Fsp3) is 0.154. The molecule has 0 saturated carbocycles. The minimum Gasteiger partial charge on any atom is -0.477 e. The van der Waals surface area contributed by atoms with Gasteiger partial charge in [-0.1, -0.05) is 0 Å². The van der Waals surface area contributed by atoms with Gasteiger partial charge >= 0.3 is 5.97 Å². The molecule has 6 aromatic rings. The number of benzene rings is 3. The molecule has 14 heteroatoms. The van der Waals surface area contributed by atoms with Gasteiger partial charge in [-0.3, -0.25) is 14.9 Å². The molecule has 3 aromatic carbocycles. The van der Waals surface area contributed by atoms with Gasteiger partial charge in [0.15, 0.2) is 28.1 Å². The van der Waals surface area contributed by atoms with Crippen LogP contribution < -0.4 is 21.8 Å². The molecule has 1 aliphatic heterocycles. The topological polar surface area (TPSA) is 199 Å². The fourth-order valence-electron chi connectivity index (χ4n) is 5.44. The zero-order chi connectivity index (χ0) is 28.0. The van der Waals surface area contributed by atoms with Crippen LogP contribution in [0.1, 0.15) is 16.8 Å². The van der Waals surface area contributed by atoms with E-state index in [0.717, 1.165) is 6.20 Å². The van der Waals surface area contributed by atoms with Crippen LogP contribution >= 0.6 is 0 Å². The van der Waals surface area contributed by atoms with E-state index in [0.29, 0.717) is 30.5 Å². The Morgan fingerprint density at radius 2 is 1.95 bits per heavy atom. The lowest BCUT2D eigenvalue weighted by Gasteiger charge is -2.23. The molecule has 0 unspecified atom stereocenters. The SMILES string of the molecule is Nc1c(F)c(N2CC[C@H](N)C2)c2oc3cc4[nH]c5ccc([N+](=O)[O-])cc5oc4cc3n3cc(C(=O)O)c(=O)c1c23. The number of pyridine rings is 1. The second kappa shape index (κ2) is 8.07. The van der Waals surface area contributed by atoms with Gasteiger partial charge in [-0.15, -0.1) is 0 Å². The van der Waals surface area contributed by atoms with Gasteiger partial charge in [-0.2, -0.15) is 0 Å². The summed E-state index contributed by atoms with van der Waals surface area (Å²) in [5.74, 6) is -2.42. The quantitative estimate of drug-likeness (QED) is 0.0831. The van der Waals surface area contributed by atoms with E-state index in [1.165, 1.54) is 28.7 Å². The lowest BCUT2D eigenvalue weighted by Crippen LogP contribution is -2.28. The van der Waals surface area contributed by atoms with Gasteiger partial charge < -0.3 is 39.7 Å². The number of nitrogens with two attached hydrogens (primary N) is 2. The summed E-state index contributed by atoms with van der Waals surface area (Å²) < 4.78 is 29.5. The highest BCUT2D eigenvalue weighted by molar-refractivity contribution is 6.10. The molecule has 4 heterocycles. The van der Waals surface area contributed by atoms with Crippen molar-refractivity contribution in [3.05, 3.63) is 68.2 Å². The third kappa shape index (κ3) is 3.22. The van der Waals surface area contributed by atoms with E-state index >= 15 is 4.39 Å². The Kier molecular flexibility index (Phi) is 4.78. The van der Waals surface area contributed by atoms with Crippen molar-refractivity contribution in [3.8, 4) is 0 Å². The Balaban J connectivity index is 1.66. The molecule has 0 aliphatic carbocycles. The predicted octanol–water partition coefficient (Wildman–Crippen LogP) is 3.85. The van der Waals surface area contributed by atoms with Crippen LogP contribution in [0.3, 0.4) is 0 Å². The van der Waals surface area contributed by atoms with E-state index in [1.807, 2.05) is 0 Å². The number of non-ortho nitro benzene ring substituents is 1. The molecule has 1 fully saturated rings. The van der Waals surface area contributed by atoms with Gasteiger partial charge in [0, 0.05) is 43.5 Å². The second-order valence-electron chi connectivity index (χ2n) is 9.75. The van der Waals surface area contributed by atoms with Crippen molar-refractivity contribution in [1.29, 1.82) is 0 Å². The maximum atomic E-state index is 15.9. The molecule has 0 spiro atoms. The minimum atomic E-state index is -1.52. The van der Waals surface area contributed by atoms with E-state index in [-0.39, 0.29) is 56.2 Å². The predicted molar refractivity (Wildman–Crippen MR) is 144 cm³/mol. The third-order valence-corrected chi connectivity index (χ3v) is 7.32. The van der Waals surface area contributed by atoms with Crippen LogP contribution in [-0.2, 0) is 0 Å². The number of aromatic carboxylic acids is 1. The summed E-state index contributed by atoms with van der Waals surface area (Å²) in [4.78, 5) is 40.8. The van der Waals surface area contributed by atoms with E-state index in [9.17, 15) is 24.8 Å². The monoisotopic (exact) mass is 546 g/mol. The summed E-state index contributed by atoms with van der Waals surface area (Å²) in [5, 5.41) is 20.7. The molecule has 202 valence electrons. The standard InChI is InChI=1S/C26H19FN6O7/c27-20-21(29)19-22-25(23(20)31-4-3-10(28)8-31)40-18-6-14-17(7-15(18)32(22)9-12(24(19)34)26(35)36)39-16-5-11(33(37)38)1-2-13(16)30-14/h1-2,5-7,9-10,30H,3-4,8,28-29H2,(H,35,36)/t10-/m0/s1. The van der Waals surface area contributed by atoms with Crippen molar-refractivity contribution < 1.29 is 28.0 Å². The lowest BCUT2D eigenvalue weighted by molar-refractivity contribution is -0.384. The van der Waals surface area contributed by atoms with Crippen LogP contribution in [0.2, 0.25) is 0 Å². The van der Waals surface area contributed by atoms with Gasteiger partial charge in [-0.05, 0) is 12.5 Å². The Hall–Kier alpha value is -5.37. The number of aromatic nitrogens is 2. The lowest BCUT2D eigenvalue weighted by atomic mass is 10.1. The Morgan fingerprint density at radius 3 is 2.65 bits per heavy atom. The summed E-state index contributed by atoms with van der Waals surface area (Å²) in [6.45, 7) is 0.747. The maximum absolute atomic E-state index is 15.9. The summed E-state index contributed by atoms with van der Waals surface area (Å²) in [6, 6.07) is 7.01. The molecule has 1 saturated heterocycles. The minimum absolute atomic E-state index is 0.00467. The number of rotatable bonds is 3. The van der Waals surface area contributed by atoms with Crippen molar-refractivity contribution >= 4 is 72.8 Å². The first-order valence-electron chi connectivity index (χ1n) is 12.2. The number of nitro benzene ring substituents is 1. The first-order valence-corrected chi connectivity index (χ1v) is 12.2. The van der Waals surface area contributed by atoms with Crippen LogP contribution in [0.15, 0.2) is 50.2 Å². The Labute approximate surface area is 220 Å². The average molecular weight is 546 g/mol. The Bertz CT molecular complexity index is 2190. The van der Waals surface area contributed by atoms with Crippen molar-refractivity contribution in [1.82, 2.24) is 9.38 Å². The summed E-state index contributed by atoms with van der Waals surface area (Å²) in [7, 11) is 0. The molecular weight excluding hydrogens is 527 g/mol. The maximum Gasteiger partial charge on any atom is 0.341 e. The molecule has 13 nitrogen and oxygen atoms in total.